The number of hydrogen-bond acceptors (Lipinski definition) is 2. The molecular formula is C15H19ClFN3. The first-order chi connectivity index (χ1) is 9.43. The Morgan fingerprint density at radius 2 is 2.10 bits per heavy atom. The Hall–Kier alpha value is -1.39. The number of aryl methyl sites for hydroxylation is 3. The van der Waals surface area contributed by atoms with Crippen molar-refractivity contribution in [3.8, 4) is 0 Å². The highest BCUT2D eigenvalue weighted by molar-refractivity contribution is 6.31. The Morgan fingerprint density at radius 3 is 2.75 bits per heavy atom. The van der Waals surface area contributed by atoms with Crippen LogP contribution in [0, 0.1) is 19.7 Å². The summed E-state index contributed by atoms with van der Waals surface area (Å²) < 4.78 is 15.2. The summed E-state index contributed by atoms with van der Waals surface area (Å²) >= 11 is 6.28. The highest BCUT2D eigenvalue weighted by Gasteiger charge is 2.18. The third-order valence-corrected chi connectivity index (χ3v) is 4.00. The first-order valence-corrected chi connectivity index (χ1v) is 7.05. The lowest BCUT2D eigenvalue weighted by molar-refractivity contribution is 0.581. The molecule has 0 amide bonds. The van der Waals surface area contributed by atoms with Crippen LogP contribution >= 0.6 is 11.6 Å². The lowest BCUT2D eigenvalue weighted by Crippen LogP contribution is -2.17. The maximum absolute atomic E-state index is 13.4. The van der Waals surface area contributed by atoms with Crippen molar-refractivity contribution in [3.63, 3.8) is 0 Å². The van der Waals surface area contributed by atoms with Gasteiger partial charge in [0.1, 0.15) is 5.82 Å². The number of rotatable bonds is 4. The molecule has 1 unspecified atom stereocenters. The summed E-state index contributed by atoms with van der Waals surface area (Å²) in [4.78, 5) is 0. The van der Waals surface area contributed by atoms with Gasteiger partial charge < -0.3 is 5.73 Å². The smallest absolute Gasteiger partial charge is 0.123 e. The molecule has 0 spiro atoms. The summed E-state index contributed by atoms with van der Waals surface area (Å²) in [5.74, 6) is -0.271. The predicted octanol–water partition coefficient (Wildman–Crippen LogP) is 3.55. The molecule has 1 aromatic heterocycles. The third-order valence-electron chi connectivity index (χ3n) is 3.51. The van der Waals surface area contributed by atoms with Crippen molar-refractivity contribution in [3.05, 3.63) is 51.6 Å². The molecule has 2 rings (SSSR count). The van der Waals surface area contributed by atoms with Crippen molar-refractivity contribution < 1.29 is 4.39 Å². The molecule has 2 aromatic rings. The lowest BCUT2D eigenvalue weighted by Gasteiger charge is -2.16. The van der Waals surface area contributed by atoms with E-state index in [9.17, 15) is 4.39 Å². The molecule has 20 heavy (non-hydrogen) atoms. The van der Waals surface area contributed by atoms with Crippen LogP contribution in [0.4, 0.5) is 4.39 Å². The zero-order valence-corrected chi connectivity index (χ0v) is 12.7. The normalized spacial score (nSPS) is 12.7. The largest absolute Gasteiger partial charge is 0.324 e. The number of aromatic nitrogens is 2. The van der Waals surface area contributed by atoms with Gasteiger partial charge in [-0.3, -0.25) is 4.68 Å². The minimum Gasteiger partial charge on any atom is -0.324 e. The van der Waals surface area contributed by atoms with Crippen LogP contribution in [0.15, 0.2) is 18.2 Å². The average molecular weight is 296 g/mol. The van der Waals surface area contributed by atoms with Gasteiger partial charge in [0, 0.05) is 19.0 Å². The van der Waals surface area contributed by atoms with Gasteiger partial charge in [-0.2, -0.15) is 5.10 Å². The van der Waals surface area contributed by atoms with E-state index in [0.29, 0.717) is 11.4 Å². The van der Waals surface area contributed by atoms with Gasteiger partial charge in [-0.25, -0.2) is 4.39 Å². The highest BCUT2D eigenvalue weighted by atomic mass is 35.5. The van der Waals surface area contributed by atoms with Gasteiger partial charge in [-0.05, 0) is 44.0 Å². The molecule has 0 aliphatic rings. The number of hydrogen-bond donors (Lipinski definition) is 1. The molecule has 0 radical (unpaired) electrons. The standard InChI is InChI=1S/C15H19ClFN3/c1-4-20-14(15(16)10(3)19-20)8-13(18)12-7-11(17)6-5-9(12)2/h5-7,13H,4,8,18H2,1-3H3. The number of nitrogens with zero attached hydrogens (tertiary/aromatic N) is 2. The lowest BCUT2D eigenvalue weighted by atomic mass is 9.98. The third kappa shape index (κ3) is 2.86. The predicted molar refractivity (Wildman–Crippen MR) is 79.4 cm³/mol. The zero-order chi connectivity index (χ0) is 14.9. The van der Waals surface area contributed by atoms with Gasteiger partial charge in [-0.1, -0.05) is 17.7 Å². The van der Waals surface area contributed by atoms with Gasteiger partial charge in [0.15, 0.2) is 0 Å². The maximum atomic E-state index is 13.4. The molecule has 1 atom stereocenters. The fraction of sp³-hybridized carbons (Fsp3) is 0.400. The summed E-state index contributed by atoms with van der Waals surface area (Å²) in [5, 5.41) is 5.02. The monoisotopic (exact) mass is 295 g/mol. The SMILES string of the molecule is CCn1nc(C)c(Cl)c1CC(N)c1cc(F)ccc1C. The van der Waals surface area contributed by atoms with Crippen LogP contribution in [0.25, 0.3) is 0 Å². The van der Waals surface area contributed by atoms with E-state index in [-0.39, 0.29) is 11.9 Å². The fourth-order valence-electron chi connectivity index (χ4n) is 2.39. The van der Waals surface area contributed by atoms with Gasteiger partial charge in [0.05, 0.1) is 16.4 Å². The topological polar surface area (TPSA) is 43.8 Å². The van der Waals surface area contributed by atoms with Crippen LogP contribution in [0.2, 0.25) is 5.02 Å². The average Bonchev–Trinajstić information content (AvgIpc) is 2.69. The Labute approximate surface area is 123 Å². The van der Waals surface area contributed by atoms with Crippen LogP contribution in [-0.2, 0) is 13.0 Å². The van der Waals surface area contributed by atoms with Crippen LogP contribution in [0.5, 0.6) is 0 Å². The molecule has 0 fully saturated rings. The van der Waals surface area contributed by atoms with Crippen LogP contribution < -0.4 is 5.73 Å². The molecule has 0 aliphatic carbocycles. The van der Waals surface area contributed by atoms with Gasteiger partial charge in [0.25, 0.3) is 0 Å². The molecule has 0 aliphatic heterocycles. The van der Waals surface area contributed by atoms with Crippen molar-refractivity contribution in [2.75, 3.05) is 0 Å². The second-order valence-corrected chi connectivity index (χ2v) is 5.35. The van der Waals surface area contributed by atoms with E-state index in [1.807, 2.05) is 25.5 Å². The van der Waals surface area contributed by atoms with E-state index in [2.05, 4.69) is 5.10 Å². The van der Waals surface area contributed by atoms with E-state index in [1.54, 1.807) is 6.07 Å². The van der Waals surface area contributed by atoms with E-state index < -0.39 is 0 Å². The summed E-state index contributed by atoms with van der Waals surface area (Å²) in [7, 11) is 0. The molecule has 2 N–H and O–H groups in total. The van der Waals surface area contributed by atoms with Gasteiger partial charge >= 0.3 is 0 Å². The summed E-state index contributed by atoms with van der Waals surface area (Å²) in [6.07, 6.45) is 0.539. The molecule has 0 bridgehead atoms. The molecule has 0 saturated heterocycles. The quantitative estimate of drug-likeness (QED) is 0.937. The van der Waals surface area contributed by atoms with Gasteiger partial charge in [0.2, 0.25) is 0 Å². The first-order valence-electron chi connectivity index (χ1n) is 6.67. The van der Waals surface area contributed by atoms with Crippen molar-refractivity contribution >= 4 is 11.6 Å². The fourth-order valence-corrected chi connectivity index (χ4v) is 2.61. The Bertz CT molecular complexity index is 622. The Kier molecular flexibility index (Phi) is 4.45. The molecule has 1 aromatic carbocycles. The Morgan fingerprint density at radius 1 is 1.40 bits per heavy atom. The molecule has 5 heteroatoms. The van der Waals surface area contributed by atoms with Crippen LogP contribution in [0.1, 0.15) is 35.5 Å². The second kappa shape index (κ2) is 5.94. The number of halogens is 2. The van der Waals surface area contributed by atoms with Crippen molar-refractivity contribution in [1.29, 1.82) is 0 Å². The minimum atomic E-state index is -0.301. The molecule has 3 nitrogen and oxygen atoms in total. The number of nitrogens with two attached hydrogens (primary N) is 1. The van der Waals surface area contributed by atoms with E-state index in [4.69, 9.17) is 17.3 Å². The van der Waals surface area contributed by atoms with Crippen molar-refractivity contribution in [2.24, 2.45) is 5.73 Å². The van der Waals surface area contributed by atoms with Crippen LogP contribution in [0.3, 0.4) is 0 Å². The van der Waals surface area contributed by atoms with E-state index >= 15 is 0 Å². The first kappa shape index (κ1) is 15.0. The molecule has 108 valence electrons. The number of benzene rings is 1. The van der Waals surface area contributed by atoms with Gasteiger partial charge in [-0.15, -0.1) is 0 Å². The molecule has 1 heterocycles. The second-order valence-electron chi connectivity index (χ2n) is 4.97. The minimum absolute atomic E-state index is 0.271. The summed E-state index contributed by atoms with van der Waals surface area (Å²) in [5.41, 5.74) is 9.72. The highest BCUT2D eigenvalue weighted by Crippen LogP contribution is 2.26. The zero-order valence-electron chi connectivity index (χ0n) is 12.0. The Balaban J connectivity index is 2.32. The van der Waals surface area contributed by atoms with Crippen molar-refractivity contribution in [1.82, 2.24) is 9.78 Å². The van der Waals surface area contributed by atoms with E-state index in [1.165, 1.54) is 12.1 Å². The summed E-state index contributed by atoms with van der Waals surface area (Å²) in [6.45, 7) is 6.54. The van der Waals surface area contributed by atoms with Crippen LogP contribution in [-0.4, -0.2) is 9.78 Å². The maximum Gasteiger partial charge on any atom is 0.123 e. The van der Waals surface area contributed by atoms with E-state index in [0.717, 1.165) is 29.1 Å². The van der Waals surface area contributed by atoms with Crippen molar-refractivity contribution in [2.45, 2.75) is 39.8 Å². The molecular weight excluding hydrogens is 277 g/mol. The summed E-state index contributed by atoms with van der Waals surface area (Å²) in [6, 6.07) is 4.38. The molecule has 0 saturated carbocycles.